The second-order valence-corrected chi connectivity index (χ2v) is 5.56. The standard InChI is InChI=1S/C16H17BrN2O2/c1-10(11-3-6-13(21-2)7-4-11)19-16(20)12-5-8-15(18)14(17)9-12/h3-10H,18H2,1-2H3,(H,19,20)/t10-/m1/s1. The lowest BCUT2D eigenvalue weighted by molar-refractivity contribution is 0.0940. The van der Waals surface area contributed by atoms with E-state index in [1.807, 2.05) is 31.2 Å². The number of halogens is 1. The monoisotopic (exact) mass is 348 g/mol. The smallest absolute Gasteiger partial charge is 0.251 e. The van der Waals surface area contributed by atoms with Gasteiger partial charge in [-0.1, -0.05) is 12.1 Å². The Morgan fingerprint density at radius 3 is 2.48 bits per heavy atom. The molecule has 2 rings (SSSR count). The molecular weight excluding hydrogens is 332 g/mol. The highest BCUT2D eigenvalue weighted by Crippen LogP contribution is 2.21. The predicted octanol–water partition coefficient (Wildman–Crippen LogP) is 3.53. The van der Waals surface area contributed by atoms with Crippen molar-refractivity contribution in [3.05, 3.63) is 58.1 Å². The van der Waals surface area contributed by atoms with E-state index in [-0.39, 0.29) is 11.9 Å². The molecule has 2 aromatic rings. The van der Waals surface area contributed by atoms with Crippen molar-refractivity contribution in [2.75, 3.05) is 12.8 Å². The van der Waals surface area contributed by atoms with Crippen molar-refractivity contribution in [3.8, 4) is 5.75 Å². The van der Waals surface area contributed by atoms with Gasteiger partial charge in [0.15, 0.2) is 0 Å². The normalized spacial score (nSPS) is 11.8. The van der Waals surface area contributed by atoms with Gasteiger partial charge < -0.3 is 15.8 Å². The van der Waals surface area contributed by atoms with Crippen molar-refractivity contribution in [1.82, 2.24) is 5.32 Å². The molecule has 0 fully saturated rings. The van der Waals surface area contributed by atoms with E-state index in [1.165, 1.54) is 0 Å². The van der Waals surface area contributed by atoms with Crippen molar-refractivity contribution in [3.63, 3.8) is 0 Å². The summed E-state index contributed by atoms with van der Waals surface area (Å²) in [6.45, 7) is 1.94. The maximum absolute atomic E-state index is 12.2. The molecule has 0 aliphatic carbocycles. The second kappa shape index (κ2) is 6.63. The molecule has 0 heterocycles. The van der Waals surface area contributed by atoms with Gasteiger partial charge in [0.2, 0.25) is 0 Å². The van der Waals surface area contributed by atoms with Crippen molar-refractivity contribution in [1.29, 1.82) is 0 Å². The molecule has 2 aromatic carbocycles. The van der Waals surface area contributed by atoms with Gasteiger partial charge >= 0.3 is 0 Å². The Morgan fingerprint density at radius 2 is 1.90 bits per heavy atom. The van der Waals surface area contributed by atoms with E-state index in [0.29, 0.717) is 15.7 Å². The Morgan fingerprint density at radius 1 is 1.24 bits per heavy atom. The zero-order valence-electron chi connectivity index (χ0n) is 11.9. The van der Waals surface area contributed by atoms with Crippen LogP contribution in [0.4, 0.5) is 5.69 Å². The molecule has 0 aliphatic rings. The zero-order valence-corrected chi connectivity index (χ0v) is 13.5. The Balaban J connectivity index is 2.08. The van der Waals surface area contributed by atoms with Gasteiger partial charge in [-0.25, -0.2) is 0 Å². The number of hydrogen-bond donors (Lipinski definition) is 2. The van der Waals surface area contributed by atoms with Crippen LogP contribution in [0.5, 0.6) is 5.75 Å². The fourth-order valence-electron chi connectivity index (χ4n) is 1.92. The van der Waals surface area contributed by atoms with Gasteiger partial charge in [-0.2, -0.15) is 0 Å². The third-order valence-electron chi connectivity index (χ3n) is 3.23. The van der Waals surface area contributed by atoms with E-state index in [0.717, 1.165) is 11.3 Å². The van der Waals surface area contributed by atoms with E-state index in [4.69, 9.17) is 10.5 Å². The maximum Gasteiger partial charge on any atom is 0.251 e. The molecule has 0 aliphatic heterocycles. The summed E-state index contributed by atoms with van der Waals surface area (Å²) < 4.78 is 5.83. The first-order chi connectivity index (χ1) is 10.0. The van der Waals surface area contributed by atoms with Crippen LogP contribution in [0, 0.1) is 0 Å². The molecule has 1 atom stereocenters. The third kappa shape index (κ3) is 3.76. The molecule has 0 saturated carbocycles. The van der Waals surface area contributed by atoms with Crippen LogP contribution in [0.15, 0.2) is 46.9 Å². The molecular formula is C16H17BrN2O2. The van der Waals surface area contributed by atoms with Gasteiger partial charge in [-0.15, -0.1) is 0 Å². The second-order valence-electron chi connectivity index (χ2n) is 4.70. The number of hydrogen-bond acceptors (Lipinski definition) is 3. The van der Waals surface area contributed by atoms with Crippen LogP contribution in [0.3, 0.4) is 0 Å². The highest BCUT2D eigenvalue weighted by molar-refractivity contribution is 9.10. The summed E-state index contributed by atoms with van der Waals surface area (Å²) in [5, 5.41) is 2.96. The number of carbonyl (C=O) groups excluding carboxylic acids is 1. The number of nitrogens with two attached hydrogens (primary N) is 1. The number of nitrogen functional groups attached to an aromatic ring is 1. The van der Waals surface area contributed by atoms with Crippen LogP contribution in [-0.4, -0.2) is 13.0 Å². The molecule has 3 N–H and O–H groups in total. The molecule has 21 heavy (non-hydrogen) atoms. The quantitative estimate of drug-likeness (QED) is 0.830. The molecule has 1 amide bonds. The fraction of sp³-hybridized carbons (Fsp3) is 0.188. The van der Waals surface area contributed by atoms with E-state index >= 15 is 0 Å². The molecule has 0 radical (unpaired) electrons. The number of benzene rings is 2. The molecule has 0 unspecified atom stereocenters. The molecule has 5 heteroatoms. The predicted molar refractivity (Wildman–Crippen MR) is 87.4 cm³/mol. The number of carbonyl (C=O) groups is 1. The Bertz CT molecular complexity index is 641. The average Bonchev–Trinajstić information content (AvgIpc) is 2.50. The zero-order chi connectivity index (χ0) is 15.4. The molecule has 110 valence electrons. The minimum Gasteiger partial charge on any atom is -0.497 e. The largest absolute Gasteiger partial charge is 0.497 e. The third-order valence-corrected chi connectivity index (χ3v) is 3.91. The van der Waals surface area contributed by atoms with Crippen LogP contribution in [0.1, 0.15) is 28.9 Å². The average molecular weight is 349 g/mol. The van der Waals surface area contributed by atoms with Crippen molar-refractivity contribution >= 4 is 27.5 Å². The molecule has 0 spiro atoms. The molecule has 0 saturated heterocycles. The first kappa shape index (κ1) is 15.4. The lowest BCUT2D eigenvalue weighted by Crippen LogP contribution is -2.26. The first-order valence-electron chi connectivity index (χ1n) is 6.51. The van der Waals surface area contributed by atoms with Crippen molar-refractivity contribution in [2.45, 2.75) is 13.0 Å². The lowest BCUT2D eigenvalue weighted by atomic mass is 10.1. The summed E-state index contributed by atoms with van der Waals surface area (Å²) in [5.74, 6) is 0.652. The van der Waals surface area contributed by atoms with E-state index in [1.54, 1.807) is 25.3 Å². The van der Waals surface area contributed by atoms with Gasteiger partial charge in [-0.3, -0.25) is 4.79 Å². The summed E-state index contributed by atoms with van der Waals surface area (Å²) in [4.78, 5) is 12.2. The summed E-state index contributed by atoms with van der Waals surface area (Å²) in [7, 11) is 1.62. The number of anilines is 1. The number of methoxy groups -OCH3 is 1. The molecule has 0 bridgehead atoms. The minimum atomic E-state index is -0.140. The van der Waals surface area contributed by atoms with E-state index in [9.17, 15) is 4.79 Å². The van der Waals surface area contributed by atoms with Gasteiger partial charge in [0.25, 0.3) is 5.91 Å². The fourth-order valence-corrected chi connectivity index (χ4v) is 2.30. The van der Waals surface area contributed by atoms with E-state index in [2.05, 4.69) is 21.2 Å². The Hall–Kier alpha value is -2.01. The number of rotatable bonds is 4. The maximum atomic E-state index is 12.2. The van der Waals surface area contributed by atoms with Crippen LogP contribution >= 0.6 is 15.9 Å². The SMILES string of the molecule is COc1ccc([C@@H](C)NC(=O)c2ccc(N)c(Br)c2)cc1. The minimum absolute atomic E-state index is 0.0975. The first-order valence-corrected chi connectivity index (χ1v) is 7.30. The number of nitrogens with one attached hydrogen (secondary N) is 1. The Labute approximate surface area is 132 Å². The summed E-state index contributed by atoms with van der Waals surface area (Å²) >= 11 is 3.32. The number of ether oxygens (including phenoxy) is 1. The number of amides is 1. The highest BCUT2D eigenvalue weighted by Gasteiger charge is 2.12. The van der Waals surface area contributed by atoms with Gasteiger partial charge in [0, 0.05) is 15.7 Å². The van der Waals surface area contributed by atoms with Crippen LogP contribution in [-0.2, 0) is 0 Å². The van der Waals surface area contributed by atoms with Crippen molar-refractivity contribution < 1.29 is 9.53 Å². The molecule has 0 aromatic heterocycles. The summed E-state index contributed by atoms with van der Waals surface area (Å²) in [5.41, 5.74) is 7.90. The van der Waals surface area contributed by atoms with Gasteiger partial charge in [-0.05, 0) is 58.7 Å². The van der Waals surface area contributed by atoms with Gasteiger partial charge in [0.1, 0.15) is 5.75 Å². The lowest BCUT2D eigenvalue weighted by Gasteiger charge is -2.15. The Kier molecular flexibility index (Phi) is 4.85. The van der Waals surface area contributed by atoms with Crippen LogP contribution in [0.25, 0.3) is 0 Å². The van der Waals surface area contributed by atoms with Crippen LogP contribution < -0.4 is 15.8 Å². The highest BCUT2D eigenvalue weighted by atomic mass is 79.9. The van der Waals surface area contributed by atoms with Crippen LogP contribution in [0.2, 0.25) is 0 Å². The molecule has 4 nitrogen and oxygen atoms in total. The van der Waals surface area contributed by atoms with E-state index < -0.39 is 0 Å². The summed E-state index contributed by atoms with van der Waals surface area (Å²) in [6.07, 6.45) is 0. The topological polar surface area (TPSA) is 64.3 Å². The van der Waals surface area contributed by atoms with Gasteiger partial charge in [0.05, 0.1) is 13.2 Å². The van der Waals surface area contributed by atoms with Crippen molar-refractivity contribution in [2.24, 2.45) is 0 Å². The summed E-state index contributed by atoms with van der Waals surface area (Å²) in [6, 6.07) is 12.6.